The number of hydrogen-bond acceptors (Lipinski definition) is 5. The standard InChI is InChI=1S/C16H20N2O3/c1-3-8-14(20-4-2)16-17-15(21-18-16)11-13(19)12-9-6-5-7-10-12/h5-7,9-10,14H,3-4,8,11H2,1-2H3. The largest absolute Gasteiger partial charge is 0.370 e. The Bertz CT molecular complexity index is 560. The van der Waals surface area contributed by atoms with Gasteiger partial charge in [0.1, 0.15) is 6.10 Å². The first-order valence-corrected chi connectivity index (χ1v) is 7.26. The molecule has 1 heterocycles. The van der Waals surface area contributed by atoms with Gasteiger partial charge < -0.3 is 9.26 Å². The maximum Gasteiger partial charge on any atom is 0.234 e. The van der Waals surface area contributed by atoms with Crippen LogP contribution in [0.25, 0.3) is 0 Å². The molecule has 0 fully saturated rings. The highest BCUT2D eigenvalue weighted by Crippen LogP contribution is 2.20. The summed E-state index contributed by atoms with van der Waals surface area (Å²) < 4.78 is 10.8. The van der Waals surface area contributed by atoms with Crippen molar-refractivity contribution in [2.24, 2.45) is 0 Å². The summed E-state index contributed by atoms with van der Waals surface area (Å²) in [7, 11) is 0. The zero-order valence-corrected chi connectivity index (χ0v) is 12.4. The lowest BCUT2D eigenvalue weighted by molar-refractivity contribution is 0.0478. The SMILES string of the molecule is CCCC(OCC)c1noc(CC(=O)c2ccccc2)n1. The van der Waals surface area contributed by atoms with Gasteiger partial charge in [-0.15, -0.1) is 0 Å². The van der Waals surface area contributed by atoms with E-state index in [4.69, 9.17) is 9.26 Å². The van der Waals surface area contributed by atoms with Crippen LogP contribution in [-0.2, 0) is 11.2 Å². The Hall–Kier alpha value is -2.01. The fraction of sp³-hybridized carbons (Fsp3) is 0.438. The molecule has 0 aliphatic heterocycles. The van der Waals surface area contributed by atoms with Crippen LogP contribution in [0, 0.1) is 0 Å². The first-order valence-electron chi connectivity index (χ1n) is 7.26. The van der Waals surface area contributed by atoms with Gasteiger partial charge in [0.2, 0.25) is 11.7 Å². The minimum atomic E-state index is -0.163. The predicted octanol–water partition coefficient (Wildman–Crippen LogP) is 3.37. The van der Waals surface area contributed by atoms with Crippen LogP contribution in [0.2, 0.25) is 0 Å². The van der Waals surface area contributed by atoms with E-state index in [1.165, 1.54) is 0 Å². The number of benzene rings is 1. The Balaban J connectivity index is 2.04. The summed E-state index contributed by atoms with van der Waals surface area (Å²) in [4.78, 5) is 16.4. The molecular weight excluding hydrogens is 268 g/mol. The normalized spacial score (nSPS) is 12.3. The van der Waals surface area contributed by atoms with Crippen molar-refractivity contribution >= 4 is 5.78 Å². The molecule has 1 aromatic heterocycles. The van der Waals surface area contributed by atoms with Gasteiger partial charge in [0.05, 0.1) is 6.42 Å². The van der Waals surface area contributed by atoms with Gasteiger partial charge >= 0.3 is 0 Å². The predicted molar refractivity (Wildman–Crippen MR) is 78.0 cm³/mol. The minimum Gasteiger partial charge on any atom is -0.370 e. The van der Waals surface area contributed by atoms with E-state index in [-0.39, 0.29) is 18.3 Å². The molecule has 0 aliphatic carbocycles. The van der Waals surface area contributed by atoms with E-state index in [1.807, 2.05) is 25.1 Å². The number of aromatic nitrogens is 2. The lowest BCUT2D eigenvalue weighted by Crippen LogP contribution is -2.07. The lowest BCUT2D eigenvalue weighted by atomic mass is 10.1. The van der Waals surface area contributed by atoms with Crippen molar-refractivity contribution < 1.29 is 14.1 Å². The van der Waals surface area contributed by atoms with E-state index < -0.39 is 0 Å². The highest BCUT2D eigenvalue weighted by atomic mass is 16.5. The molecule has 2 aromatic rings. The second kappa shape index (κ2) is 7.69. The van der Waals surface area contributed by atoms with Crippen LogP contribution in [0.15, 0.2) is 34.9 Å². The Morgan fingerprint density at radius 1 is 1.29 bits per heavy atom. The van der Waals surface area contributed by atoms with Gasteiger partial charge in [-0.25, -0.2) is 0 Å². The van der Waals surface area contributed by atoms with E-state index in [9.17, 15) is 4.79 Å². The summed E-state index contributed by atoms with van der Waals surface area (Å²) >= 11 is 0. The van der Waals surface area contributed by atoms with Crippen molar-refractivity contribution in [2.45, 2.75) is 39.2 Å². The molecule has 0 aliphatic rings. The molecule has 0 amide bonds. The molecule has 21 heavy (non-hydrogen) atoms. The first-order chi connectivity index (χ1) is 10.2. The molecule has 0 bridgehead atoms. The number of ketones is 1. The van der Waals surface area contributed by atoms with Crippen molar-refractivity contribution in [3.63, 3.8) is 0 Å². The van der Waals surface area contributed by atoms with Crippen LogP contribution >= 0.6 is 0 Å². The summed E-state index contributed by atoms with van der Waals surface area (Å²) in [5, 5.41) is 3.94. The molecule has 1 aromatic carbocycles. The summed E-state index contributed by atoms with van der Waals surface area (Å²) in [6.07, 6.45) is 1.75. The number of hydrogen-bond donors (Lipinski definition) is 0. The number of ether oxygens (including phenoxy) is 1. The second-order valence-electron chi connectivity index (χ2n) is 4.74. The van der Waals surface area contributed by atoms with Gasteiger partial charge in [0.15, 0.2) is 5.78 Å². The van der Waals surface area contributed by atoms with Gasteiger partial charge in [0.25, 0.3) is 0 Å². The minimum absolute atomic E-state index is 0.0331. The van der Waals surface area contributed by atoms with Gasteiger partial charge in [-0.05, 0) is 13.3 Å². The number of carbonyl (C=O) groups is 1. The molecule has 112 valence electrons. The number of rotatable bonds is 8. The topological polar surface area (TPSA) is 65.2 Å². The molecule has 1 unspecified atom stereocenters. The highest BCUT2D eigenvalue weighted by molar-refractivity contribution is 5.96. The summed E-state index contributed by atoms with van der Waals surface area (Å²) in [6.45, 7) is 4.60. The van der Waals surface area contributed by atoms with E-state index in [2.05, 4.69) is 17.1 Å². The van der Waals surface area contributed by atoms with E-state index >= 15 is 0 Å². The third kappa shape index (κ3) is 4.23. The average molecular weight is 288 g/mol. The van der Waals surface area contributed by atoms with Crippen LogP contribution in [0.5, 0.6) is 0 Å². The third-order valence-electron chi connectivity index (χ3n) is 3.10. The summed E-state index contributed by atoms with van der Waals surface area (Å²) in [5.41, 5.74) is 0.646. The fourth-order valence-electron chi connectivity index (χ4n) is 2.08. The van der Waals surface area contributed by atoms with Crippen molar-refractivity contribution in [1.82, 2.24) is 10.1 Å². The average Bonchev–Trinajstić information content (AvgIpc) is 2.96. The van der Waals surface area contributed by atoms with Gasteiger partial charge in [-0.2, -0.15) is 4.98 Å². The van der Waals surface area contributed by atoms with Crippen LogP contribution in [0.1, 0.15) is 54.9 Å². The molecule has 2 rings (SSSR count). The quantitative estimate of drug-likeness (QED) is 0.697. The van der Waals surface area contributed by atoms with Crippen molar-refractivity contribution in [1.29, 1.82) is 0 Å². The second-order valence-corrected chi connectivity index (χ2v) is 4.74. The Morgan fingerprint density at radius 2 is 2.05 bits per heavy atom. The first kappa shape index (κ1) is 15.4. The zero-order valence-electron chi connectivity index (χ0n) is 12.4. The number of nitrogens with zero attached hydrogens (tertiary/aromatic N) is 2. The monoisotopic (exact) mass is 288 g/mol. The van der Waals surface area contributed by atoms with Crippen LogP contribution in [-0.4, -0.2) is 22.5 Å². The van der Waals surface area contributed by atoms with Crippen molar-refractivity contribution in [3.05, 3.63) is 47.6 Å². The fourth-order valence-corrected chi connectivity index (χ4v) is 2.08. The Labute approximate surface area is 124 Å². The van der Waals surface area contributed by atoms with Gasteiger partial charge in [-0.3, -0.25) is 4.79 Å². The van der Waals surface area contributed by atoms with Gasteiger partial charge in [-0.1, -0.05) is 48.8 Å². The lowest BCUT2D eigenvalue weighted by Gasteiger charge is -2.11. The molecule has 5 heteroatoms. The number of Topliss-reactive ketones (excluding diaryl/α,β-unsaturated/α-hetero) is 1. The zero-order chi connectivity index (χ0) is 15.1. The maximum absolute atomic E-state index is 12.1. The highest BCUT2D eigenvalue weighted by Gasteiger charge is 2.19. The summed E-state index contributed by atoms with van der Waals surface area (Å²) in [5.74, 6) is 0.823. The maximum atomic E-state index is 12.1. The van der Waals surface area contributed by atoms with Crippen molar-refractivity contribution in [2.75, 3.05) is 6.61 Å². The van der Waals surface area contributed by atoms with E-state index in [0.717, 1.165) is 12.8 Å². The summed E-state index contributed by atoms with van der Waals surface area (Å²) in [6, 6.07) is 9.09. The Kier molecular flexibility index (Phi) is 5.63. The van der Waals surface area contributed by atoms with Crippen molar-refractivity contribution in [3.8, 4) is 0 Å². The number of carbonyl (C=O) groups excluding carboxylic acids is 1. The molecule has 0 N–H and O–H groups in total. The third-order valence-corrected chi connectivity index (χ3v) is 3.10. The molecule has 0 saturated carbocycles. The molecule has 1 atom stereocenters. The molecule has 5 nitrogen and oxygen atoms in total. The molecule has 0 spiro atoms. The smallest absolute Gasteiger partial charge is 0.234 e. The molecule has 0 radical (unpaired) electrons. The van der Waals surface area contributed by atoms with Crippen LogP contribution < -0.4 is 0 Å². The van der Waals surface area contributed by atoms with Crippen LogP contribution in [0.4, 0.5) is 0 Å². The van der Waals surface area contributed by atoms with Crippen LogP contribution in [0.3, 0.4) is 0 Å². The van der Waals surface area contributed by atoms with Gasteiger partial charge in [0, 0.05) is 12.2 Å². The Morgan fingerprint density at radius 3 is 2.71 bits per heavy atom. The van der Waals surface area contributed by atoms with E-state index in [0.29, 0.717) is 23.9 Å². The van der Waals surface area contributed by atoms with E-state index in [1.54, 1.807) is 12.1 Å². The molecular formula is C16H20N2O3. The molecule has 0 saturated heterocycles.